The molecule has 0 saturated carbocycles. The fourth-order valence-corrected chi connectivity index (χ4v) is 4.60. The van der Waals surface area contributed by atoms with Gasteiger partial charge in [-0.2, -0.15) is 4.31 Å². The molecule has 3 nitrogen and oxygen atoms in total. The lowest BCUT2D eigenvalue weighted by Gasteiger charge is -2.34. The van der Waals surface area contributed by atoms with E-state index in [1.807, 2.05) is 12.1 Å². The second-order valence-electron chi connectivity index (χ2n) is 5.22. The molecule has 1 aliphatic rings. The van der Waals surface area contributed by atoms with Crippen molar-refractivity contribution in [3.63, 3.8) is 0 Å². The minimum Gasteiger partial charge on any atom is -0.207 e. The van der Waals surface area contributed by atoms with Gasteiger partial charge in [0.2, 0.25) is 10.0 Å². The van der Waals surface area contributed by atoms with Gasteiger partial charge in [0.05, 0.1) is 4.90 Å². The third-order valence-corrected chi connectivity index (χ3v) is 5.85. The van der Waals surface area contributed by atoms with Gasteiger partial charge in [-0.3, -0.25) is 0 Å². The molecule has 18 heavy (non-hydrogen) atoms. The smallest absolute Gasteiger partial charge is 0.207 e. The first-order chi connectivity index (χ1) is 8.39. The van der Waals surface area contributed by atoms with Crippen LogP contribution in [-0.2, 0) is 10.0 Å². The van der Waals surface area contributed by atoms with Crippen molar-refractivity contribution >= 4 is 32.6 Å². The molecule has 1 aliphatic heterocycles. The van der Waals surface area contributed by atoms with Gasteiger partial charge in [0.1, 0.15) is 0 Å². The summed E-state index contributed by atoms with van der Waals surface area (Å²) in [5.41, 5.74) is 0. The predicted octanol–water partition coefficient (Wildman–Crippen LogP) is 2.96. The van der Waals surface area contributed by atoms with E-state index < -0.39 is 10.0 Å². The first kappa shape index (κ1) is 14.3. The van der Waals surface area contributed by atoms with Crippen LogP contribution in [0.5, 0.6) is 0 Å². The quantitative estimate of drug-likeness (QED) is 0.741. The Balaban J connectivity index is 2.28. The predicted molar refractivity (Wildman–Crippen MR) is 80.9 cm³/mol. The van der Waals surface area contributed by atoms with Crippen molar-refractivity contribution in [1.82, 2.24) is 4.31 Å². The number of benzene rings is 1. The first-order valence-electron chi connectivity index (χ1n) is 6.15. The van der Waals surface area contributed by atoms with Gasteiger partial charge in [-0.05, 0) is 65.1 Å². The lowest BCUT2D eigenvalue weighted by Crippen LogP contribution is -2.42. The van der Waals surface area contributed by atoms with Crippen LogP contribution >= 0.6 is 22.6 Å². The molecule has 5 heteroatoms. The Bertz CT molecular complexity index is 502. The molecule has 0 unspecified atom stereocenters. The summed E-state index contributed by atoms with van der Waals surface area (Å²) in [6, 6.07) is 7.07. The summed E-state index contributed by atoms with van der Waals surface area (Å²) in [7, 11) is -3.31. The van der Waals surface area contributed by atoms with Crippen molar-refractivity contribution < 1.29 is 8.42 Å². The number of halogens is 1. The lowest BCUT2D eigenvalue weighted by atomic mass is 9.94. The van der Waals surface area contributed by atoms with E-state index in [2.05, 4.69) is 36.4 Å². The van der Waals surface area contributed by atoms with Crippen LogP contribution in [0.15, 0.2) is 29.2 Å². The molecule has 1 aromatic carbocycles. The number of hydrogen-bond donors (Lipinski definition) is 0. The third-order valence-electron chi connectivity index (χ3n) is 3.29. The minimum atomic E-state index is -3.31. The zero-order chi connectivity index (χ0) is 13.3. The summed E-state index contributed by atoms with van der Waals surface area (Å²) in [6.07, 6.45) is 1.11. The molecule has 0 N–H and O–H groups in total. The molecule has 1 fully saturated rings. The van der Waals surface area contributed by atoms with Crippen LogP contribution < -0.4 is 0 Å². The summed E-state index contributed by atoms with van der Waals surface area (Å²) in [6.45, 7) is 5.51. The maximum absolute atomic E-state index is 12.5. The van der Waals surface area contributed by atoms with E-state index in [4.69, 9.17) is 0 Å². The monoisotopic (exact) mass is 379 g/mol. The molecule has 0 aliphatic carbocycles. The zero-order valence-corrected chi connectivity index (χ0v) is 13.6. The average Bonchev–Trinajstić information content (AvgIpc) is 2.28. The second-order valence-corrected chi connectivity index (χ2v) is 8.41. The lowest BCUT2D eigenvalue weighted by molar-refractivity contribution is 0.222. The van der Waals surface area contributed by atoms with E-state index in [0.29, 0.717) is 29.8 Å². The highest BCUT2D eigenvalue weighted by atomic mass is 127. The maximum atomic E-state index is 12.5. The molecule has 0 spiro atoms. The average molecular weight is 379 g/mol. The Labute approximate surface area is 123 Å². The van der Waals surface area contributed by atoms with Gasteiger partial charge in [0.15, 0.2) is 0 Å². The van der Waals surface area contributed by atoms with Crippen LogP contribution in [0.1, 0.15) is 20.3 Å². The van der Waals surface area contributed by atoms with Gasteiger partial charge in [-0.15, -0.1) is 0 Å². The van der Waals surface area contributed by atoms with Crippen LogP contribution in [0.25, 0.3) is 0 Å². The van der Waals surface area contributed by atoms with Crippen molar-refractivity contribution in [2.45, 2.75) is 25.2 Å². The topological polar surface area (TPSA) is 37.4 Å². The van der Waals surface area contributed by atoms with Gasteiger partial charge < -0.3 is 0 Å². The highest BCUT2D eigenvalue weighted by molar-refractivity contribution is 14.1. The number of sulfonamides is 1. The van der Waals surface area contributed by atoms with E-state index in [0.717, 1.165) is 9.99 Å². The minimum absolute atomic E-state index is 0.407. The van der Waals surface area contributed by atoms with E-state index in [-0.39, 0.29) is 0 Å². The molecule has 0 radical (unpaired) electrons. The number of rotatable bonds is 2. The molecule has 0 aromatic heterocycles. The normalized spacial score (nSPS) is 26.2. The number of nitrogens with zero attached hydrogens (tertiary/aromatic N) is 1. The summed E-state index contributed by atoms with van der Waals surface area (Å²) < 4.78 is 27.7. The zero-order valence-electron chi connectivity index (χ0n) is 10.6. The number of piperidine rings is 1. The Hall–Kier alpha value is -0.140. The van der Waals surface area contributed by atoms with Crippen molar-refractivity contribution in [2.75, 3.05) is 13.1 Å². The first-order valence-corrected chi connectivity index (χ1v) is 8.67. The summed E-state index contributed by atoms with van der Waals surface area (Å²) in [5, 5.41) is 0. The standard InChI is InChI=1S/C13H18INO2S/c1-10-7-11(2)9-15(8-10)18(16,17)13-5-3-12(14)4-6-13/h3-6,10-11H,7-9H2,1-2H3/t10-,11+. The van der Waals surface area contributed by atoms with Crippen LogP contribution in [-0.4, -0.2) is 25.8 Å². The SMILES string of the molecule is C[C@@H]1C[C@H](C)CN(S(=O)(=O)c2ccc(I)cc2)C1. The molecule has 0 amide bonds. The maximum Gasteiger partial charge on any atom is 0.243 e. The van der Waals surface area contributed by atoms with E-state index >= 15 is 0 Å². The van der Waals surface area contributed by atoms with E-state index in [1.165, 1.54) is 0 Å². The van der Waals surface area contributed by atoms with Crippen LogP contribution in [0, 0.1) is 15.4 Å². The Morgan fingerprint density at radius 1 is 1.11 bits per heavy atom. The molecule has 1 heterocycles. The summed E-state index contributed by atoms with van der Waals surface area (Å²) in [4.78, 5) is 0.407. The molecule has 2 rings (SSSR count). The van der Waals surface area contributed by atoms with E-state index in [1.54, 1.807) is 16.4 Å². The van der Waals surface area contributed by atoms with Gasteiger partial charge in [0.25, 0.3) is 0 Å². The van der Waals surface area contributed by atoms with Crippen molar-refractivity contribution in [2.24, 2.45) is 11.8 Å². The fraction of sp³-hybridized carbons (Fsp3) is 0.538. The molecular formula is C13H18INO2S. The van der Waals surface area contributed by atoms with Crippen LogP contribution in [0.2, 0.25) is 0 Å². The van der Waals surface area contributed by atoms with Crippen molar-refractivity contribution in [3.05, 3.63) is 27.8 Å². The Kier molecular flexibility index (Phi) is 4.33. The van der Waals surface area contributed by atoms with Crippen LogP contribution in [0.3, 0.4) is 0 Å². The molecule has 0 bridgehead atoms. The van der Waals surface area contributed by atoms with Gasteiger partial charge >= 0.3 is 0 Å². The molecule has 2 atom stereocenters. The van der Waals surface area contributed by atoms with Gasteiger partial charge in [-0.25, -0.2) is 8.42 Å². The highest BCUT2D eigenvalue weighted by Crippen LogP contribution is 2.26. The highest BCUT2D eigenvalue weighted by Gasteiger charge is 2.31. The van der Waals surface area contributed by atoms with Crippen LogP contribution in [0.4, 0.5) is 0 Å². The Morgan fingerprint density at radius 3 is 2.11 bits per heavy atom. The van der Waals surface area contributed by atoms with Crippen molar-refractivity contribution in [3.8, 4) is 0 Å². The molecular weight excluding hydrogens is 361 g/mol. The van der Waals surface area contributed by atoms with Crippen molar-refractivity contribution in [1.29, 1.82) is 0 Å². The molecule has 100 valence electrons. The molecule has 1 saturated heterocycles. The van der Waals surface area contributed by atoms with Gasteiger partial charge in [-0.1, -0.05) is 13.8 Å². The molecule has 1 aromatic rings. The van der Waals surface area contributed by atoms with E-state index in [9.17, 15) is 8.42 Å². The number of hydrogen-bond acceptors (Lipinski definition) is 2. The second kappa shape index (κ2) is 5.46. The van der Waals surface area contributed by atoms with Gasteiger partial charge in [0, 0.05) is 16.7 Å². The fourth-order valence-electron chi connectivity index (χ4n) is 2.56. The Morgan fingerprint density at radius 2 is 1.61 bits per heavy atom. The third kappa shape index (κ3) is 3.05. The summed E-state index contributed by atoms with van der Waals surface area (Å²) >= 11 is 2.18. The summed E-state index contributed by atoms with van der Waals surface area (Å²) in [5.74, 6) is 0.875. The largest absolute Gasteiger partial charge is 0.243 e.